The monoisotopic (exact) mass is 241 g/mol. The summed E-state index contributed by atoms with van der Waals surface area (Å²) in [4.78, 5) is 0. The quantitative estimate of drug-likeness (QED) is 0.539. The van der Waals surface area contributed by atoms with E-state index in [1.165, 1.54) is 0 Å². The Morgan fingerprint density at radius 1 is 1.24 bits per heavy atom. The Hall–Kier alpha value is -1.18. The molecule has 2 nitrogen and oxygen atoms in total. The molecule has 0 unspecified atom stereocenters. The highest BCUT2D eigenvalue weighted by Gasteiger charge is 2.00. The van der Waals surface area contributed by atoms with E-state index in [0.717, 1.165) is 24.4 Å². The normalized spacial score (nSPS) is 10.3. The lowest BCUT2D eigenvalue weighted by Gasteiger charge is -2.11. The second-order valence-electron chi connectivity index (χ2n) is 2.60. The number of methoxy groups -OCH3 is 1. The second kappa shape index (κ2) is 20.3. The Morgan fingerprint density at radius 3 is 2.06 bits per heavy atom. The Kier molecular flexibility index (Phi) is 25.2. The van der Waals surface area contributed by atoms with Gasteiger partial charge < -0.3 is 10.1 Å². The summed E-state index contributed by atoms with van der Waals surface area (Å²) >= 11 is 0. The molecule has 0 amide bonds. The highest BCUT2D eigenvalue weighted by Crippen LogP contribution is 2.07. The molecule has 0 atom stereocenters. The predicted octanol–water partition coefficient (Wildman–Crippen LogP) is 4.66. The van der Waals surface area contributed by atoms with Crippen LogP contribution in [0.25, 0.3) is 0 Å². The predicted molar refractivity (Wildman–Crippen MR) is 80.0 cm³/mol. The van der Waals surface area contributed by atoms with E-state index in [9.17, 15) is 0 Å². The van der Waals surface area contributed by atoms with Gasteiger partial charge in [-0.3, -0.25) is 0 Å². The maximum atomic E-state index is 5.20. The summed E-state index contributed by atoms with van der Waals surface area (Å²) < 4.78 is 5.20. The molecule has 0 aromatic carbocycles. The molecule has 0 aromatic rings. The average molecular weight is 241 g/mol. The Morgan fingerprint density at radius 2 is 1.76 bits per heavy atom. The minimum absolute atomic E-state index is 0.825. The lowest BCUT2D eigenvalue weighted by molar-refractivity contribution is 0.295. The van der Waals surface area contributed by atoms with E-state index < -0.39 is 0 Å². The summed E-state index contributed by atoms with van der Waals surface area (Å²) in [5.74, 6) is 0.825. The molecule has 0 rings (SSSR count). The molecule has 0 fully saturated rings. The summed E-state index contributed by atoms with van der Waals surface area (Å²) in [6.45, 7) is 16.7. The van der Waals surface area contributed by atoms with Crippen LogP contribution < -0.4 is 5.32 Å². The molecule has 0 aliphatic heterocycles. The second-order valence-corrected chi connectivity index (χ2v) is 2.60. The van der Waals surface area contributed by atoms with Gasteiger partial charge in [-0.05, 0) is 19.4 Å². The van der Waals surface area contributed by atoms with Crippen molar-refractivity contribution in [2.75, 3.05) is 13.7 Å². The largest absolute Gasteiger partial charge is 0.495 e. The van der Waals surface area contributed by atoms with Crippen LogP contribution in [-0.2, 0) is 4.74 Å². The van der Waals surface area contributed by atoms with E-state index in [1.54, 1.807) is 13.2 Å². The zero-order valence-corrected chi connectivity index (χ0v) is 12.8. The van der Waals surface area contributed by atoms with Crippen molar-refractivity contribution in [2.45, 2.75) is 48.0 Å². The molecule has 1 N–H and O–H groups in total. The number of rotatable bonds is 6. The molecular formula is C15H31NO. The molecule has 0 radical (unpaired) electrons. The first-order valence-electron chi connectivity index (χ1n) is 6.57. The minimum Gasteiger partial charge on any atom is -0.495 e. The molecular weight excluding hydrogens is 210 g/mol. The highest BCUT2D eigenvalue weighted by atomic mass is 16.5. The molecule has 2 heteroatoms. The van der Waals surface area contributed by atoms with Gasteiger partial charge in [0.25, 0.3) is 0 Å². The van der Waals surface area contributed by atoms with Crippen molar-refractivity contribution < 1.29 is 4.74 Å². The first-order valence-corrected chi connectivity index (χ1v) is 6.57. The van der Waals surface area contributed by atoms with Crippen LogP contribution in [0.3, 0.4) is 0 Å². The van der Waals surface area contributed by atoms with E-state index in [0.29, 0.717) is 0 Å². The highest BCUT2D eigenvalue weighted by molar-refractivity contribution is 5.26. The number of hydrogen-bond donors (Lipinski definition) is 1. The van der Waals surface area contributed by atoms with E-state index in [-0.39, 0.29) is 0 Å². The molecule has 0 saturated heterocycles. The zero-order chi connectivity index (χ0) is 14.1. The zero-order valence-electron chi connectivity index (χ0n) is 12.8. The fourth-order valence-electron chi connectivity index (χ4n) is 0.966. The van der Waals surface area contributed by atoms with Crippen molar-refractivity contribution in [3.63, 3.8) is 0 Å². The van der Waals surface area contributed by atoms with Crippen molar-refractivity contribution in [3.05, 3.63) is 36.3 Å². The molecule has 102 valence electrons. The van der Waals surface area contributed by atoms with Gasteiger partial charge in [0.15, 0.2) is 0 Å². The van der Waals surface area contributed by atoms with E-state index >= 15 is 0 Å². The smallest absolute Gasteiger partial charge is 0.141 e. The molecule has 0 aliphatic carbocycles. The van der Waals surface area contributed by atoms with Gasteiger partial charge in [-0.2, -0.15) is 0 Å². The number of allylic oxidation sites excluding steroid dienone is 3. The van der Waals surface area contributed by atoms with E-state index in [4.69, 9.17) is 4.74 Å². The van der Waals surface area contributed by atoms with Crippen molar-refractivity contribution in [3.8, 4) is 0 Å². The maximum absolute atomic E-state index is 5.20. The van der Waals surface area contributed by atoms with Crippen LogP contribution in [0.1, 0.15) is 48.0 Å². The van der Waals surface area contributed by atoms with Crippen LogP contribution in [0, 0.1) is 0 Å². The average Bonchev–Trinajstić information content (AvgIpc) is 2.42. The minimum atomic E-state index is 0.825. The van der Waals surface area contributed by atoms with Crippen molar-refractivity contribution in [2.24, 2.45) is 0 Å². The Balaban J connectivity index is -0.000000439. The first kappa shape index (κ1) is 21.1. The van der Waals surface area contributed by atoms with Crippen LogP contribution in [0.4, 0.5) is 0 Å². The van der Waals surface area contributed by atoms with Crippen LogP contribution in [0.5, 0.6) is 0 Å². The van der Waals surface area contributed by atoms with Gasteiger partial charge in [0.2, 0.25) is 0 Å². The van der Waals surface area contributed by atoms with Crippen molar-refractivity contribution in [1.29, 1.82) is 0 Å². The summed E-state index contributed by atoms with van der Waals surface area (Å²) in [6.07, 6.45) is 6.66. The Bertz CT molecular complexity index is 205. The van der Waals surface area contributed by atoms with Gasteiger partial charge in [-0.1, -0.05) is 53.3 Å². The Labute approximate surface area is 108 Å². The molecule has 0 aliphatic rings. The summed E-state index contributed by atoms with van der Waals surface area (Å²) in [7, 11) is 1.66. The number of ether oxygens (including phenoxy) is 1. The van der Waals surface area contributed by atoms with E-state index in [1.807, 2.05) is 46.8 Å². The topological polar surface area (TPSA) is 21.3 Å². The molecule has 0 aromatic heterocycles. The molecule has 0 saturated carbocycles. The van der Waals surface area contributed by atoms with Crippen LogP contribution in [0.2, 0.25) is 0 Å². The van der Waals surface area contributed by atoms with Gasteiger partial charge in [-0.25, -0.2) is 0 Å². The van der Waals surface area contributed by atoms with Crippen LogP contribution >= 0.6 is 0 Å². The van der Waals surface area contributed by atoms with Crippen molar-refractivity contribution in [1.82, 2.24) is 5.32 Å². The standard InChI is InChI=1S/C11H19NO.2C2H6/c1-5-8-11(13-4)10(7-3)12-9-6-2;2*1-2/h5,7-8,12H,1,6,9H2,2-4H3;2*1-2H3/b10-7+,11-8+;;. The number of hydrogen-bond acceptors (Lipinski definition) is 2. The summed E-state index contributed by atoms with van der Waals surface area (Å²) in [5, 5.41) is 3.27. The number of nitrogens with one attached hydrogen (secondary N) is 1. The first-order chi connectivity index (χ1) is 8.29. The fraction of sp³-hybridized carbons (Fsp3) is 0.600. The lowest BCUT2D eigenvalue weighted by Crippen LogP contribution is -2.16. The van der Waals surface area contributed by atoms with Gasteiger partial charge in [0.05, 0.1) is 12.8 Å². The molecule has 0 heterocycles. The maximum Gasteiger partial charge on any atom is 0.141 e. The van der Waals surface area contributed by atoms with Gasteiger partial charge in [0, 0.05) is 6.54 Å². The van der Waals surface area contributed by atoms with Gasteiger partial charge in [-0.15, -0.1) is 0 Å². The SMILES string of the molecule is C=C/C=C(OC)\C(=C/C)NCCC.CC.CC. The summed E-state index contributed by atoms with van der Waals surface area (Å²) in [6, 6.07) is 0. The van der Waals surface area contributed by atoms with Gasteiger partial charge >= 0.3 is 0 Å². The van der Waals surface area contributed by atoms with Gasteiger partial charge in [0.1, 0.15) is 5.76 Å². The third-order valence-corrected chi connectivity index (χ3v) is 1.61. The van der Waals surface area contributed by atoms with E-state index in [2.05, 4.69) is 18.8 Å². The van der Waals surface area contributed by atoms with Crippen LogP contribution in [-0.4, -0.2) is 13.7 Å². The summed E-state index contributed by atoms with van der Waals surface area (Å²) in [5.41, 5.74) is 1.02. The lowest BCUT2D eigenvalue weighted by atomic mass is 10.3. The van der Waals surface area contributed by atoms with Crippen LogP contribution in [0.15, 0.2) is 36.3 Å². The third-order valence-electron chi connectivity index (χ3n) is 1.61. The molecule has 17 heavy (non-hydrogen) atoms. The fourth-order valence-corrected chi connectivity index (χ4v) is 0.966. The molecule has 0 spiro atoms. The third kappa shape index (κ3) is 12.8. The van der Waals surface area contributed by atoms with Crippen molar-refractivity contribution >= 4 is 0 Å². The molecule has 0 bridgehead atoms.